The number of rotatable bonds is 6. The van der Waals surface area contributed by atoms with E-state index in [9.17, 15) is 14.4 Å². The van der Waals surface area contributed by atoms with Crippen LogP contribution in [-0.4, -0.2) is 33.8 Å². The van der Waals surface area contributed by atoms with Gasteiger partial charge < -0.3 is 10.4 Å². The van der Waals surface area contributed by atoms with Crippen LogP contribution in [-0.2, 0) is 9.59 Å². The van der Waals surface area contributed by atoms with Crippen LogP contribution in [0.25, 0.3) is 10.9 Å². The molecule has 26 heavy (non-hydrogen) atoms. The molecule has 1 aromatic carbocycles. The molecule has 0 aliphatic heterocycles. The van der Waals surface area contributed by atoms with Crippen molar-refractivity contribution in [3.63, 3.8) is 0 Å². The second-order valence-corrected chi connectivity index (χ2v) is 7.49. The Labute approximate surface area is 152 Å². The van der Waals surface area contributed by atoms with E-state index in [-0.39, 0.29) is 12.2 Å². The second-order valence-electron chi connectivity index (χ2n) is 7.49. The Hall–Kier alpha value is -2.76. The first-order valence-corrected chi connectivity index (χ1v) is 8.51. The molecular weight excluding hydrogens is 332 g/mol. The number of hydrogen-bond donors (Lipinski definition) is 2. The summed E-state index contributed by atoms with van der Waals surface area (Å²) in [5.74, 6) is -2.36. The van der Waals surface area contributed by atoms with Gasteiger partial charge in [-0.05, 0) is 24.5 Å². The van der Waals surface area contributed by atoms with Crippen molar-refractivity contribution < 1.29 is 19.5 Å². The van der Waals surface area contributed by atoms with Crippen LogP contribution in [0.2, 0.25) is 0 Å². The summed E-state index contributed by atoms with van der Waals surface area (Å²) < 4.78 is 0. The molecule has 1 amide bonds. The van der Waals surface area contributed by atoms with E-state index in [2.05, 4.69) is 10.3 Å². The fraction of sp³-hybridized carbons (Fsp3) is 0.400. The summed E-state index contributed by atoms with van der Waals surface area (Å²) in [6.45, 7) is 6.99. The number of amides is 1. The number of ketones is 1. The van der Waals surface area contributed by atoms with Gasteiger partial charge in [-0.15, -0.1) is 0 Å². The van der Waals surface area contributed by atoms with E-state index in [1.54, 1.807) is 12.3 Å². The van der Waals surface area contributed by atoms with E-state index < -0.39 is 29.3 Å². The van der Waals surface area contributed by atoms with E-state index >= 15 is 0 Å². The highest BCUT2D eigenvalue weighted by molar-refractivity contribution is 6.08. The quantitative estimate of drug-likeness (QED) is 0.776. The lowest BCUT2D eigenvalue weighted by molar-refractivity contribution is -0.142. The molecule has 138 valence electrons. The number of pyridine rings is 1. The summed E-state index contributed by atoms with van der Waals surface area (Å²) in [5.41, 5.74) is 0.736. The molecule has 0 bridgehead atoms. The lowest BCUT2D eigenvalue weighted by atomic mass is 9.76. The molecule has 2 rings (SSSR count). The first-order valence-electron chi connectivity index (χ1n) is 8.51. The molecule has 0 saturated carbocycles. The van der Waals surface area contributed by atoms with Crippen LogP contribution in [0.5, 0.6) is 0 Å². The van der Waals surface area contributed by atoms with Crippen LogP contribution >= 0.6 is 0 Å². The van der Waals surface area contributed by atoms with Crippen molar-refractivity contribution >= 4 is 28.6 Å². The lowest BCUT2D eigenvalue weighted by Gasteiger charge is -2.30. The number of para-hydroxylation sites is 1. The Kier molecular flexibility index (Phi) is 5.75. The first-order chi connectivity index (χ1) is 12.1. The number of nitrogens with zero attached hydrogens (tertiary/aromatic N) is 1. The van der Waals surface area contributed by atoms with Gasteiger partial charge in [0.15, 0.2) is 5.78 Å². The number of Topliss-reactive ketones (excluding diaryl/α,β-unsaturated/α-hetero) is 1. The predicted octanol–water partition coefficient (Wildman–Crippen LogP) is 3.06. The fourth-order valence-corrected chi connectivity index (χ4v) is 2.80. The van der Waals surface area contributed by atoms with Gasteiger partial charge in [-0.25, -0.2) is 0 Å². The molecule has 1 heterocycles. The maximum Gasteiger partial charge on any atom is 0.325 e. The van der Waals surface area contributed by atoms with Gasteiger partial charge in [-0.2, -0.15) is 0 Å². The third kappa shape index (κ3) is 4.45. The van der Waals surface area contributed by atoms with Gasteiger partial charge >= 0.3 is 5.97 Å². The summed E-state index contributed by atoms with van der Waals surface area (Å²) in [7, 11) is 0. The Bertz CT molecular complexity index is 834. The van der Waals surface area contributed by atoms with Crippen molar-refractivity contribution in [3.8, 4) is 0 Å². The van der Waals surface area contributed by atoms with Crippen LogP contribution < -0.4 is 5.32 Å². The van der Waals surface area contributed by atoms with Crippen molar-refractivity contribution in [1.82, 2.24) is 10.3 Å². The zero-order valence-electron chi connectivity index (χ0n) is 15.4. The number of carboxylic acids is 1. The van der Waals surface area contributed by atoms with Gasteiger partial charge in [0.25, 0.3) is 0 Å². The van der Waals surface area contributed by atoms with Crippen LogP contribution in [0, 0.1) is 11.3 Å². The van der Waals surface area contributed by atoms with Gasteiger partial charge in [-0.3, -0.25) is 19.4 Å². The summed E-state index contributed by atoms with van der Waals surface area (Å²) >= 11 is 0. The number of nitrogens with one attached hydrogen (secondary N) is 1. The zero-order valence-corrected chi connectivity index (χ0v) is 15.4. The zero-order chi connectivity index (χ0) is 19.5. The number of fused-ring (bicyclic) bond motifs is 1. The summed E-state index contributed by atoms with van der Waals surface area (Å²) in [6.07, 6.45) is 1.57. The van der Waals surface area contributed by atoms with E-state index in [4.69, 9.17) is 5.11 Å². The van der Waals surface area contributed by atoms with Gasteiger partial charge in [0.1, 0.15) is 6.04 Å². The largest absolute Gasteiger partial charge is 0.480 e. The molecule has 1 aromatic heterocycles. The highest BCUT2D eigenvalue weighted by atomic mass is 16.4. The molecule has 0 fully saturated rings. The maximum absolute atomic E-state index is 12.9. The number of hydrogen-bond acceptors (Lipinski definition) is 4. The standard InChI is InChI=1S/C20H24N2O4/c1-12(19(25)26)22-18(24)15(20(2,3)4)11-17(23)14-9-10-21-16-8-6-5-7-13(14)16/h5-10,12,15H,11H2,1-4H3,(H,22,24)(H,25,26)/t12-,15+/m0/s1. The van der Waals surface area contributed by atoms with Crippen LogP contribution in [0.1, 0.15) is 44.5 Å². The molecule has 0 spiro atoms. The highest BCUT2D eigenvalue weighted by Crippen LogP contribution is 2.31. The van der Waals surface area contributed by atoms with E-state index in [1.165, 1.54) is 6.92 Å². The van der Waals surface area contributed by atoms with Crippen LogP contribution in [0.15, 0.2) is 36.5 Å². The summed E-state index contributed by atoms with van der Waals surface area (Å²) in [5, 5.41) is 12.2. The van der Waals surface area contributed by atoms with Gasteiger partial charge in [0.05, 0.1) is 11.4 Å². The Morgan fingerprint density at radius 3 is 2.42 bits per heavy atom. The molecule has 0 saturated heterocycles. The molecule has 0 radical (unpaired) electrons. The first kappa shape index (κ1) is 19.6. The van der Waals surface area contributed by atoms with E-state index in [0.717, 1.165) is 10.9 Å². The summed E-state index contributed by atoms with van der Waals surface area (Å²) in [6, 6.07) is 7.99. The number of aliphatic carboxylic acids is 1. The monoisotopic (exact) mass is 356 g/mol. The number of carbonyl (C=O) groups excluding carboxylic acids is 2. The third-order valence-corrected chi connectivity index (χ3v) is 4.43. The SMILES string of the molecule is C[C@H](NC(=O)[C@@H](CC(=O)c1ccnc2ccccc12)C(C)(C)C)C(=O)O. The van der Waals surface area contributed by atoms with Crippen molar-refractivity contribution in [2.45, 2.75) is 40.2 Å². The Balaban J connectivity index is 2.29. The molecule has 6 nitrogen and oxygen atoms in total. The number of aromatic nitrogens is 1. The van der Waals surface area contributed by atoms with Crippen molar-refractivity contribution in [2.24, 2.45) is 11.3 Å². The second kappa shape index (κ2) is 7.64. The number of carboxylic acid groups (broad SMARTS) is 1. The lowest BCUT2D eigenvalue weighted by Crippen LogP contribution is -2.45. The van der Waals surface area contributed by atoms with E-state index in [1.807, 2.05) is 45.0 Å². The van der Waals surface area contributed by atoms with E-state index in [0.29, 0.717) is 5.56 Å². The predicted molar refractivity (Wildman–Crippen MR) is 98.9 cm³/mol. The van der Waals surface area contributed by atoms with Gasteiger partial charge in [-0.1, -0.05) is 39.0 Å². The van der Waals surface area contributed by atoms with Crippen LogP contribution in [0.3, 0.4) is 0 Å². The third-order valence-electron chi connectivity index (χ3n) is 4.43. The topological polar surface area (TPSA) is 96.4 Å². The maximum atomic E-state index is 12.9. The van der Waals surface area contributed by atoms with Crippen molar-refractivity contribution in [1.29, 1.82) is 0 Å². The molecule has 2 N–H and O–H groups in total. The van der Waals surface area contributed by atoms with Crippen molar-refractivity contribution in [2.75, 3.05) is 0 Å². The minimum absolute atomic E-state index is 0.00429. The fourth-order valence-electron chi connectivity index (χ4n) is 2.80. The Morgan fingerprint density at radius 2 is 1.81 bits per heavy atom. The molecule has 2 atom stereocenters. The average Bonchev–Trinajstić information content (AvgIpc) is 2.57. The smallest absolute Gasteiger partial charge is 0.325 e. The molecule has 0 aliphatic rings. The molecule has 2 aromatic rings. The minimum Gasteiger partial charge on any atom is -0.480 e. The molecule has 6 heteroatoms. The summed E-state index contributed by atoms with van der Waals surface area (Å²) in [4.78, 5) is 40.8. The minimum atomic E-state index is -1.11. The van der Waals surface area contributed by atoms with Crippen molar-refractivity contribution in [3.05, 3.63) is 42.1 Å². The highest BCUT2D eigenvalue weighted by Gasteiger charge is 2.35. The van der Waals surface area contributed by atoms with Gasteiger partial charge in [0.2, 0.25) is 5.91 Å². The molecular formula is C20H24N2O4. The molecule has 0 aliphatic carbocycles. The number of benzene rings is 1. The molecule has 0 unspecified atom stereocenters. The normalized spacial score (nSPS) is 13.8. The van der Waals surface area contributed by atoms with Gasteiger partial charge in [0, 0.05) is 23.6 Å². The van der Waals surface area contributed by atoms with Crippen LogP contribution in [0.4, 0.5) is 0 Å². The number of carbonyl (C=O) groups is 3. The average molecular weight is 356 g/mol. The Morgan fingerprint density at radius 1 is 1.15 bits per heavy atom.